The van der Waals surface area contributed by atoms with Crippen LogP contribution < -0.4 is 10.2 Å². The fourth-order valence-corrected chi connectivity index (χ4v) is 3.83. The summed E-state index contributed by atoms with van der Waals surface area (Å²) in [6.45, 7) is 9.26. The Hall–Kier alpha value is -1.06. The van der Waals surface area contributed by atoms with Crippen molar-refractivity contribution in [3.8, 4) is 0 Å². The molecule has 1 aliphatic heterocycles. The quantitative estimate of drug-likeness (QED) is 0.899. The lowest BCUT2D eigenvalue weighted by atomic mass is 9.82. The van der Waals surface area contributed by atoms with E-state index in [0.29, 0.717) is 6.04 Å². The van der Waals surface area contributed by atoms with E-state index in [1.54, 1.807) is 11.1 Å². The normalized spacial score (nSPS) is 23.2. The topological polar surface area (TPSA) is 18.5 Å². The molecule has 1 saturated heterocycles. The minimum atomic E-state index is 0.644. The van der Waals surface area contributed by atoms with Crippen LogP contribution >= 0.6 is 0 Å². The van der Waals surface area contributed by atoms with Crippen LogP contribution in [-0.4, -0.2) is 51.2 Å². The Morgan fingerprint density at radius 3 is 2.48 bits per heavy atom. The van der Waals surface area contributed by atoms with Crippen LogP contribution in [0.4, 0.5) is 5.69 Å². The van der Waals surface area contributed by atoms with E-state index in [1.165, 1.54) is 49.2 Å². The second-order valence-electron chi connectivity index (χ2n) is 6.81. The zero-order chi connectivity index (χ0) is 15.0. The lowest BCUT2D eigenvalue weighted by Crippen LogP contribution is -2.45. The average Bonchev–Trinajstić information content (AvgIpc) is 2.51. The molecule has 3 heteroatoms. The molecule has 3 rings (SSSR count). The van der Waals surface area contributed by atoms with E-state index in [9.17, 15) is 0 Å². The zero-order valence-electron chi connectivity index (χ0n) is 14.0. The van der Waals surface area contributed by atoms with Gasteiger partial charge in [0.15, 0.2) is 0 Å². The van der Waals surface area contributed by atoms with Gasteiger partial charge < -0.3 is 15.1 Å². The highest BCUT2D eigenvalue weighted by Gasteiger charge is 2.25. The molecule has 0 aromatic heterocycles. The highest BCUT2D eigenvalue weighted by molar-refractivity contribution is 5.62. The Kier molecular flexibility index (Phi) is 4.23. The highest BCUT2D eigenvalue weighted by Crippen LogP contribution is 2.35. The van der Waals surface area contributed by atoms with Crippen molar-refractivity contribution < 1.29 is 0 Å². The third kappa shape index (κ3) is 2.82. The number of fused-ring (bicyclic) bond motifs is 1. The number of nitrogens with one attached hydrogen (secondary N) is 1. The third-order valence-electron chi connectivity index (χ3n) is 5.52. The van der Waals surface area contributed by atoms with Crippen molar-refractivity contribution >= 4 is 5.69 Å². The van der Waals surface area contributed by atoms with Crippen LogP contribution in [0.3, 0.4) is 0 Å². The number of anilines is 1. The first kappa shape index (κ1) is 14.9. The Labute approximate surface area is 129 Å². The van der Waals surface area contributed by atoms with E-state index in [2.05, 4.69) is 49.1 Å². The number of hydrogen-bond acceptors (Lipinski definition) is 3. The van der Waals surface area contributed by atoms with Gasteiger partial charge in [-0.2, -0.15) is 0 Å². The smallest absolute Gasteiger partial charge is 0.0405 e. The minimum absolute atomic E-state index is 0.644. The Bertz CT molecular complexity index is 516. The maximum atomic E-state index is 3.49. The number of hydrogen-bond donors (Lipinski definition) is 1. The van der Waals surface area contributed by atoms with Gasteiger partial charge in [0.25, 0.3) is 0 Å². The SMILES string of the molecule is CNC1CCc2c(C)c(C)cc(N3CCN(C)CC3)c2C1. The lowest BCUT2D eigenvalue weighted by molar-refractivity contribution is 0.312. The van der Waals surface area contributed by atoms with Gasteiger partial charge in [-0.3, -0.25) is 0 Å². The molecule has 1 aromatic carbocycles. The summed E-state index contributed by atoms with van der Waals surface area (Å²) in [6.07, 6.45) is 3.69. The number of nitrogens with zero attached hydrogens (tertiary/aromatic N) is 2. The molecule has 1 fully saturated rings. The van der Waals surface area contributed by atoms with E-state index in [0.717, 1.165) is 13.1 Å². The standard InChI is InChI=1S/C18H29N3/c1-13-11-18(21-9-7-20(4)8-10-21)17-12-15(19-3)5-6-16(17)14(13)2/h11,15,19H,5-10,12H2,1-4H3. The van der Waals surface area contributed by atoms with Crippen molar-refractivity contribution in [1.82, 2.24) is 10.2 Å². The largest absolute Gasteiger partial charge is 0.369 e. The number of piperazine rings is 1. The van der Waals surface area contributed by atoms with Crippen molar-refractivity contribution in [3.05, 3.63) is 28.3 Å². The number of likely N-dealkylation sites (N-methyl/N-ethyl adjacent to an activating group) is 2. The van der Waals surface area contributed by atoms with E-state index in [1.807, 2.05) is 0 Å². The van der Waals surface area contributed by atoms with Crippen molar-refractivity contribution in [2.45, 2.75) is 39.2 Å². The second-order valence-corrected chi connectivity index (χ2v) is 6.81. The van der Waals surface area contributed by atoms with Gasteiger partial charge in [-0.15, -0.1) is 0 Å². The van der Waals surface area contributed by atoms with Gasteiger partial charge in [0.05, 0.1) is 0 Å². The molecule has 2 aliphatic rings. The minimum Gasteiger partial charge on any atom is -0.369 e. The van der Waals surface area contributed by atoms with Gasteiger partial charge in [0, 0.05) is 37.9 Å². The first-order chi connectivity index (χ1) is 10.1. The number of benzene rings is 1. The summed E-state index contributed by atoms with van der Waals surface area (Å²) in [4.78, 5) is 5.05. The molecule has 1 aromatic rings. The van der Waals surface area contributed by atoms with Gasteiger partial charge in [-0.1, -0.05) is 0 Å². The number of aryl methyl sites for hydroxylation is 1. The summed E-state index contributed by atoms with van der Waals surface area (Å²) < 4.78 is 0. The van der Waals surface area contributed by atoms with Crippen molar-refractivity contribution in [1.29, 1.82) is 0 Å². The Morgan fingerprint density at radius 2 is 1.81 bits per heavy atom. The molecular weight excluding hydrogens is 258 g/mol. The molecule has 1 unspecified atom stereocenters. The summed E-state index contributed by atoms with van der Waals surface area (Å²) in [5.74, 6) is 0. The van der Waals surface area contributed by atoms with Gasteiger partial charge in [-0.05, 0) is 75.5 Å². The summed E-state index contributed by atoms with van der Waals surface area (Å²) in [7, 11) is 4.33. The molecule has 1 N–H and O–H groups in total. The molecule has 0 bridgehead atoms. The summed E-state index contributed by atoms with van der Waals surface area (Å²) in [5.41, 5.74) is 7.76. The van der Waals surface area contributed by atoms with Gasteiger partial charge in [0.2, 0.25) is 0 Å². The summed E-state index contributed by atoms with van der Waals surface area (Å²) >= 11 is 0. The predicted octanol–water partition coefficient (Wildman–Crippen LogP) is 2.13. The molecule has 1 atom stereocenters. The fraction of sp³-hybridized carbons (Fsp3) is 0.667. The van der Waals surface area contributed by atoms with Crippen molar-refractivity contribution in [2.75, 3.05) is 45.2 Å². The van der Waals surface area contributed by atoms with Gasteiger partial charge >= 0.3 is 0 Å². The summed E-state index contributed by atoms with van der Waals surface area (Å²) in [5, 5.41) is 3.49. The number of rotatable bonds is 2. The highest BCUT2D eigenvalue weighted by atomic mass is 15.2. The first-order valence-corrected chi connectivity index (χ1v) is 8.33. The van der Waals surface area contributed by atoms with E-state index in [-0.39, 0.29) is 0 Å². The monoisotopic (exact) mass is 287 g/mol. The molecule has 21 heavy (non-hydrogen) atoms. The molecule has 3 nitrogen and oxygen atoms in total. The Morgan fingerprint density at radius 1 is 1.10 bits per heavy atom. The van der Waals surface area contributed by atoms with E-state index < -0.39 is 0 Å². The van der Waals surface area contributed by atoms with Crippen LogP contribution in [0.1, 0.15) is 28.7 Å². The third-order valence-corrected chi connectivity index (χ3v) is 5.52. The first-order valence-electron chi connectivity index (χ1n) is 8.33. The lowest BCUT2D eigenvalue weighted by Gasteiger charge is -2.38. The molecule has 0 spiro atoms. The molecule has 116 valence electrons. The maximum absolute atomic E-state index is 3.49. The van der Waals surface area contributed by atoms with Crippen LogP contribution in [-0.2, 0) is 12.8 Å². The Balaban J connectivity index is 1.98. The molecule has 1 aliphatic carbocycles. The average molecular weight is 287 g/mol. The van der Waals surface area contributed by atoms with Crippen LogP contribution in [0.5, 0.6) is 0 Å². The molecule has 0 radical (unpaired) electrons. The second kappa shape index (κ2) is 5.98. The molecule has 0 amide bonds. The van der Waals surface area contributed by atoms with Crippen LogP contribution in [0.25, 0.3) is 0 Å². The fourth-order valence-electron chi connectivity index (χ4n) is 3.83. The van der Waals surface area contributed by atoms with Crippen LogP contribution in [0, 0.1) is 13.8 Å². The van der Waals surface area contributed by atoms with Gasteiger partial charge in [-0.25, -0.2) is 0 Å². The summed E-state index contributed by atoms with van der Waals surface area (Å²) in [6, 6.07) is 3.09. The van der Waals surface area contributed by atoms with Crippen molar-refractivity contribution in [2.24, 2.45) is 0 Å². The van der Waals surface area contributed by atoms with Crippen molar-refractivity contribution in [3.63, 3.8) is 0 Å². The maximum Gasteiger partial charge on any atom is 0.0405 e. The molecule has 1 heterocycles. The predicted molar refractivity (Wildman–Crippen MR) is 90.5 cm³/mol. The van der Waals surface area contributed by atoms with E-state index in [4.69, 9.17) is 0 Å². The van der Waals surface area contributed by atoms with Crippen LogP contribution in [0.15, 0.2) is 6.07 Å². The van der Waals surface area contributed by atoms with Crippen LogP contribution in [0.2, 0.25) is 0 Å². The molecule has 0 saturated carbocycles. The van der Waals surface area contributed by atoms with E-state index >= 15 is 0 Å². The molecular formula is C18H29N3. The van der Waals surface area contributed by atoms with Gasteiger partial charge in [0.1, 0.15) is 0 Å². The zero-order valence-corrected chi connectivity index (χ0v) is 14.0.